The van der Waals surface area contributed by atoms with E-state index in [0.717, 1.165) is 5.52 Å². The zero-order valence-corrected chi connectivity index (χ0v) is 4.66. The highest BCUT2D eigenvalue weighted by atomic mass is 16.3. The van der Waals surface area contributed by atoms with Crippen LogP contribution in [0, 0.1) is 0 Å². The van der Waals surface area contributed by atoms with E-state index in [4.69, 9.17) is 5.79 Å². The summed E-state index contributed by atoms with van der Waals surface area (Å²) in [7, 11) is 0. The van der Waals surface area contributed by atoms with Gasteiger partial charge in [-0.1, -0.05) is 12.1 Å². The Bertz CT molecular complexity index is 322. The number of hydrogen-bond acceptors (Lipinski definition) is 2. The monoisotopic (exact) mass is 120 g/mol. The first-order valence-electron chi connectivity index (χ1n) is 3.18. The molecule has 1 aromatic heterocycles. The number of rotatable bonds is 0. The van der Waals surface area contributed by atoms with Crippen LogP contribution in [0.5, 0.6) is 0 Å². The summed E-state index contributed by atoms with van der Waals surface area (Å²) in [5.74, 6) is 0. The molecule has 0 spiro atoms. The molecule has 0 saturated carbocycles. The van der Waals surface area contributed by atoms with Crippen LogP contribution in [0.25, 0.3) is 11.1 Å². The molecule has 44 valence electrons. The van der Waals surface area contributed by atoms with Crippen LogP contribution in [0.1, 0.15) is 1.37 Å². The summed E-state index contributed by atoms with van der Waals surface area (Å²) in [4.78, 5) is 3.81. The largest absolute Gasteiger partial charge is 0.443 e. The fourth-order valence-electron chi connectivity index (χ4n) is 0.757. The van der Waals surface area contributed by atoms with E-state index in [1.807, 2.05) is 18.2 Å². The molecule has 2 heteroatoms. The van der Waals surface area contributed by atoms with E-state index in [1.165, 1.54) is 0 Å². The lowest BCUT2D eigenvalue weighted by atomic mass is 10.3. The van der Waals surface area contributed by atoms with Gasteiger partial charge in [0.25, 0.3) is 0 Å². The minimum Gasteiger partial charge on any atom is -0.443 e. The normalized spacial score (nSPS) is 11.8. The summed E-state index contributed by atoms with van der Waals surface area (Å²) in [6, 6.07) is 7.33. The molecule has 0 fully saturated rings. The first kappa shape index (κ1) is 3.67. The quantitative estimate of drug-likeness (QED) is 0.530. The lowest BCUT2D eigenvalue weighted by Crippen LogP contribution is -1.61. The third kappa shape index (κ3) is 0.598. The molecule has 9 heavy (non-hydrogen) atoms. The lowest BCUT2D eigenvalue weighted by molar-refractivity contribution is 0.602. The Morgan fingerprint density at radius 2 is 2.33 bits per heavy atom. The molecule has 2 rings (SSSR count). The molecule has 0 aliphatic heterocycles. The van der Waals surface area contributed by atoms with Gasteiger partial charge >= 0.3 is 0 Å². The van der Waals surface area contributed by atoms with Crippen LogP contribution in [-0.2, 0) is 0 Å². The van der Waals surface area contributed by atoms with Crippen molar-refractivity contribution in [3.05, 3.63) is 30.6 Å². The summed E-state index contributed by atoms with van der Waals surface area (Å²) in [5, 5.41) is 0. The van der Waals surface area contributed by atoms with E-state index < -0.39 is 0 Å². The first-order valence-corrected chi connectivity index (χ1v) is 2.68. The van der Waals surface area contributed by atoms with Crippen LogP contribution in [-0.4, -0.2) is 4.98 Å². The Hall–Kier alpha value is -1.31. The van der Waals surface area contributed by atoms with Crippen molar-refractivity contribution in [2.75, 3.05) is 0 Å². The minimum absolute atomic E-state index is 0.0267. The molecule has 0 aliphatic carbocycles. The maximum atomic E-state index is 7.05. The van der Waals surface area contributed by atoms with Crippen molar-refractivity contribution in [1.82, 2.24) is 4.98 Å². The number of hydrogen-bond donors (Lipinski definition) is 0. The second-order valence-corrected chi connectivity index (χ2v) is 1.77. The Balaban J connectivity index is 2.88. The van der Waals surface area contributed by atoms with Crippen molar-refractivity contribution in [3.63, 3.8) is 0 Å². The number of aromatic nitrogens is 1. The molecule has 0 aliphatic rings. The van der Waals surface area contributed by atoms with Gasteiger partial charge in [0.15, 0.2) is 12.0 Å². The van der Waals surface area contributed by atoms with Gasteiger partial charge in [0.1, 0.15) is 6.89 Å². The van der Waals surface area contributed by atoms with E-state index in [2.05, 4.69) is 4.98 Å². The lowest BCUT2D eigenvalue weighted by Gasteiger charge is -1.79. The van der Waals surface area contributed by atoms with E-state index >= 15 is 0 Å². The Morgan fingerprint density at radius 1 is 1.44 bits per heavy atom. The average molecular weight is 120 g/mol. The molecule has 0 N–H and O–H groups in total. The number of fused-ring (bicyclic) bond motifs is 1. The maximum Gasteiger partial charge on any atom is 0.181 e. The standard InChI is InChI=1S/C7H5NO/c1-2-4-7-6(3-1)8-5-9-7/h1-5H/i5D. The summed E-state index contributed by atoms with van der Waals surface area (Å²) in [6.45, 7) is 0. The highest BCUT2D eigenvalue weighted by molar-refractivity contribution is 5.71. The van der Waals surface area contributed by atoms with Crippen molar-refractivity contribution >= 4 is 11.1 Å². The van der Waals surface area contributed by atoms with Gasteiger partial charge in [0, 0.05) is 0 Å². The molecular weight excluding hydrogens is 114 g/mol. The van der Waals surface area contributed by atoms with Gasteiger partial charge in [0.2, 0.25) is 0 Å². The molecule has 1 aromatic carbocycles. The van der Waals surface area contributed by atoms with E-state index in [9.17, 15) is 0 Å². The third-order valence-corrected chi connectivity index (χ3v) is 1.19. The van der Waals surface area contributed by atoms with Gasteiger partial charge in [-0.2, -0.15) is 0 Å². The van der Waals surface area contributed by atoms with Crippen LogP contribution in [0.4, 0.5) is 0 Å². The smallest absolute Gasteiger partial charge is 0.181 e. The van der Waals surface area contributed by atoms with Crippen LogP contribution in [0.3, 0.4) is 0 Å². The van der Waals surface area contributed by atoms with Crippen molar-refractivity contribution < 1.29 is 5.79 Å². The Kier molecular flexibility index (Phi) is 0.646. The van der Waals surface area contributed by atoms with Crippen LogP contribution < -0.4 is 0 Å². The van der Waals surface area contributed by atoms with E-state index in [0.29, 0.717) is 5.58 Å². The van der Waals surface area contributed by atoms with E-state index in [-0.39, 0.29) is 6.37 Å². The van der Waals surface area contributed by atoms with Gasteiger partial charge < -0.3 is 4.42 Å². The molecule has 0 saturated heterocycles. The van der Waals surface area contributed by atoms with Gasteiger partial charge in [0.05, 0.1) is 0 Å². The topological polar surface area (TPSA) is 26.0 Å². The Morgan fingerprint density at radius 3 is 3.22 bits per heavy atom. The summed E-state index contributed by atoms with van der Waals surface area (Å²) < 4.78 is 12.0. The van der Waals surface area contributed by atoms with Crippen LogP contribution in [0.15, 0.2) is 35.1 Å². The minimum atomic E-state index is -0.0267. The predicted molar refractivity (Wildman–Crippen MR) is 34.0 cm³/mol. The van der Waals surface area contributed by atoms with Crippen molar-refractivity contribution in [2.45, 2.75) is 0 Å². The molecule has 0 atom stereocenters. The fourth-order valence-corrected chi connectivity index (χ4v) is 0.757. The van der Waals surface area contributed by atoms with Gasteiger partial charge in [-0.3, -0.25) is 0 Å². The molecule has 0 amide bonds. The molecule has 2 nitrogen and oxygen atoms in total. The summed E-state index contributed by atoms with van der Waals surface area (Å²) in [5.41, 5.74) is 1.42. The maximum absolute atomic E-state index is 7.05. The number of benzene rings is 1. The summed E-state index contributed by atoms with van der Waals surface area (Å²) >= 11 is 0. The molecule has 0 unspecified atom stereocenters. The van der Waals surface area contributed by atoms with Crippen molar-refractivity contribution in [2.24, 2.45) is 0 Å². The molecular formula is C7H5NO. The number of nitrogens with zero attached hydrogens (tertiary/aromatic N) is 1. The molecule has 0 radical (unpaired) electrons. The highest BCUT2D eigenvalue weighted by Crippen LogP contribution is 2.09. The Labute approximate surface area is 53.5 Å². The van der Waals surface area contributed by atoms with Crippen LogP contribution >= 0.6 is 0 Å². The predicted octanol–water partition coefficient (Wildman–Crippen LogP) is 1.83. The molecule has 0 bridgehead atoms. The zero-order valence-electron chi connectivity index (χ0n) is 5.66. The second kappa shape index (κ2) is 1.58. The second-order valence-electron chi connectivity index (χ2n) is 1.77. The number of oxazole rings is 1. The molecule has 1 heterocycles. The van der Waals surface area contributed by atoms with E-state index in [1.54, 1.807) is 6.07 Å². The van der Waals surface area contributed by atoms with Gasteiger partial charge in [-0.25, -0.2) is 4.98 Å². The number of para-hydroxylation sites is 2. The fraction of sp³-hybridized carbons (Fsp3) is 0. The first-order chi connectivity index (χ1) is 4.86. The third-order valence-electron chi connectivity index (χ3n) is 1.19. The van der Waals surface area contributed by atoms with Crippen molar-refractivity contribution in [3.8, 4) is 0 Å². The van der Waals surface area contributed by atoms with Crippen molar-refractivity contribution in [1.29, 1.82) is 0 Å². The zero-order chi connectivity index (χ0) is 6.97. The SMILES string of the molecule is [2H]c1nc2ccccc2o1. The molecule has 2 aromatic rings. The highest BCUT2D eigenvalue weighted by Gasteiger charge is 1.91. The summed E-state index contributed by atoms with van der Waals surface area (Å²) in [6.07, 6.45) is -0.0267. The van der Waals surface area contributed by atoms with Gasteiger partial charge in [-0.15, -0.1) is 0 Å². The van der Waals surface area contributed by atoms with Gasteiger partial charge in [-0.05, 0) is 12.1 Å². The van der Waals surface area contributed by atoms with Crippen LogP contribution in [0.2, 0.25) is 0 Å². The average Bonchev–Trinajstić information content (AvgIpc) is 2.27.